The summed E-state index contributed by atoms with van der Waals surface area (Å²) in [5.41, 5.74) is 5.39. The molecule has 0 aromatic heterocycles. The highest BCUT2D eigenvalue weighted by Gasteiger charge is 2.33. The Morgan fingerprint density at radius 1 is 1.25 bits per heavy atom. The van der Waals surface area contributed by atoms with Crippen LogP contribution in [0.1, 0.15) is 26.7 Å². The van der Waals surface area contributed by atoms with E-state index in [0.717, 1.165) is 52.2 Å². The third kappa shape index (κ3) is 6.59. The number of nitrogens with two attached hydrogens (primary N) is 1. The first kappa shape index (κ1) is 22.2. The predicted molar refractivity (Wildman–Crippen MR) is 86.9 cm³/mol. The number of piperazine rings is 1. The zero-order valence-electron chi connectivity index (χ0n) is 12.8. The minimum Gasteiger partial charge on any atom is -0.383 e. The third-order valence-corrected chi connectivity index (χ3v) is 3.53. The van der Waals surface area contributed by atoms with Crippen LogP contribution in [0, 0.1) is 0 Å². The van der Waals surface area contributed by atoms with Crippen molar-refractivity contribution >= 4 is 30.7 Å². The summed E-state index contributed by atoms with van der Waals surface area (Å²) in [4.78, 5) is 16.5. The summed E-state index contributed by atoms with van der Waals surface area (Å²) < 4.78 is 5.06. The molecule has 0 saturated carbocycles. The van der Waals surface area contributed by atoms with Crippen LogP contribution in [-0.4, -0.2) is 67.7 Å². The molecule has 0 aromatic rings. The highest BCUT2D eigenvalue weighted by atomic mass is 35.5. The van der Waals surface area contributed by atoms with Gasteiger partial charge in [-0.05, 0) is 13.3 Å². The van der Waals surface area contributed by atoms with Gasteiger partial charge in [0.2, 0.25) is 5.91 Å². The molecule has 122 valence electrons. The Kier molecular flexibility index (Phi) is 11.8. The van der Waals surface area contributed by atoms with Crippen molar-refractivity contribution in [3.05, 3.63) is 0 Å². The number of nitrogens with zero attached hydrogens (tertiary/aromatic N) is 2. The van der Waals surface area contributed by atoms with Gasteiger partial charge in [-0.1, -0.05) is 13.3 Å². The van der Waals surface area contributed by atoms with Crippen molar-refractivity contribution in [1.29, 1.82) is 0 Å². The van der Waals surface area contributed by atoms with Gasteiger partial charge in [-0.3, -0.25) is 9.69 Å². The molecule has 1 unspecified atom stereocenters. The molecule has 7 heteroatoms. The van der Waals surface area contributed by atoms with Crippen LogP contribution in [0.4, 0.5) is 0 Å². The molecule has 1 saturated heterocycles. The van der Waals surface area contributed by atoms with Crippen molar-refractivity contribution in [3.63, 3.8) is 0 Å². The fourth-order valence-corrected chi connectivity index (χ4v) is 2.38. The molecule has 1 amide bonds. The smallest absolute Gasteiger partial charge is 0.242 e. The second-order valence-electron chi connectivity index (χ2n) is 5.29. The molecule has 1 heterocycles. The van der Waals surface area contributed by atoms with E-state index < -0.39 is 5.54 Å². The summed E-state index contributed by atoms with van der Waals surface area (Å²) in [6.07, 6.45) is 1.68. The first-order valence-corrected chi connectivity index (χ1v) is 6.81. The minimum atomic E-state index is -0.705. The molecule has 1 fully saturated rings. The maximum atomic E-state index is 12.3. The highest BCUT2D eigenvalue weighted by molar-refractivity contribution is 5.86. The molecule has 0 radical (unpaired) electrons. The maximum Gasteiger partial charge on any atom is 0.242 e. The molecule has 5 nitrogen and oxygen atoms in total. The van der Waals surface area contributed by atoms with Gasteiger partial charge in [-0.2, -0.15) is 0 Å². The van der Waals surface area contributed by atoms with E-state index in [1.807, 2.05) is 11.8 Å². The van der Waals surface area contributed by atoms with Crippen LogP contribution in [0.15, 0.2) is 0 Å². The summed E-state index contributed by atoms with van der Waals surface area (Å²) in [6, 6.07) is 0. The summed E-state index contributed by atoms with van der Waals surface area (Å²) in [6.45, 7) is 8.97. The SMILES string of the molecule is CCCC(C)(N)C(=O)N1CCN(CCOC)CC1.Cl.Cl. The largest absolute Gasteiger partial charge is 0.383 e. The van der Waals surface area contributed by atoms with Crippen LogP contribution in [-0.2, 0) is 9.53 Å². The van der Waals surface area contributed by atoms with Gasteiger partial charge >= 0.3 is 0 Å². The topological polar surface area (TPSA) is 58.8 Å². The quantitative estimate of drug-likeness (QED) is 0.793. The van der Waals surface area contributed by atoms with Gasteiger partial charge in [0.05, 0.1) is 12.1 Å². The Balaban J connectivity index is 0. The summed E-state index contributed by atoms with van der Waals surface area (Å²) >= 11 is 0. The standard InChI is InChI=1S/C13H27N3O2.2ClH/c1-4-5-13(2,14)12(17)16-8-6-15(7-9-16)10-11-18-3;;/h4-11,14H2,1-3H3;2*1H. The fraction of sp³-hybridized carbons (Fsp3) is 0.923. The van der Waals surface area contributed by atoms with E-state index >= 15 is 0 Å². The first-order valence-electron chi connectivity index (χ1n) is 6.81. The van der Waals surface area contributed by atoms with Crippen molar-refractivity contribution in [1.82, 2.24) is 9.80 Å². The molecule has 0 spiro atoms. The van der Waals surface area contributed by atoms with Crippen LogP contribution >= 0.6 is 24.8 Å². The number of rotatable bonds is 6. The average molecular weight is 330 g/mol. The normalized spacial score (nSPS) is 18.7. The Morgan fingerprint density at radius 3 is 2.25 bits per heavy atom. The predicted octanol–water partition coefficient (Wildman–Crippen LogP) is 1.14. The Morgan fingerprint density at radius 2 is 1.80 bits per heavy atom. The summed E-state index contributed by atoms with van der Waals surface area (Å²) in [7, 11) is 1.71. The van der Waals surface area contributed by atoms with Crippen molar-refractivity contribution in [2.75, 3.05) is 46.4 Å². The highest BCUT2D eigenvalue weighted by Crippen LogP contribution is 2.14. The van der Waals surface area contributed by atoms with E-state index in [1.54, 1.807) is 7.11 Å². The van der Waals surface area contributed by atoms with Crippen molar-refractivity contribution in [2.45, 2.75) is 32.2 Å². The Bertz CT molecular complexity index is 270. The molecule has 20 heavy (non-hydrogen) atoms. The molecule has 0 aliphatic carbocycles. The molecule has 0 aromatic carbocycles. The number of hydrogen-bond acceptors (Lipinski definition) is 4. The van der Waals surface area contributed by atoms with Crippen LogP contribution in [0.2, 0.25) is 0 Å². The number of carbonyl (C=O) groups excluding carboxylic acids is 1. The van der Waals surface area contributed by atoms with E-state index in [9.17, 15) is 4.79 Å². The van der Waals surface area contributed by atoms with Gasteiger partial charge in [0.1, 0.15) is 0 Å². The van der Waals surface area contributed by atoms with E-state index in [1.165, 1.54) is 0 Å². The lowest BCUT2D eigenvalue weighted by Gasteiger charge is -2.38. The molecule has 1 rings (SSSR count). The summed E-state index contributed by atoms with van der Waals surface area (Å²) in [5, 5.41) is 0. The van der Waals surface area contributed by atoms with Gasteiger partial charge < -0.3 is 15.4 Å². The van der Waals surface area contributed by atoms with Crippen molar-refractivity contribution in [3.8, 4) is 0 Å². The maximum absolute atomic E-state index is 12.3. The van der Waals surface area contributed by atoms with Gasteiger partial charge in [-0.25, -0.2) is 0 Å². The first-order chi connectivity index (χ1) is 8.51. The number of amides is 1. The number of carbonyl (C=O) groups is 1. The lowest BCUT2D eigenvalue weighted by molar-refractivity contribution is -0.138. The van der Waals surface area contributed by atoms with Crippen molar-refractivity contribution < 1.29 is 9.53 Å². The van der Waals surface area contributed by atoms with Gasteiger partial charge in [0.25, 0.3) is 0 Å². The van der Waals surface area contributed by atoms with Crippen molar-refractivity contribution in [2.24, 2.45) is 5.73 Å². The van der Waals surface area contributed by atoms with Crippen LogP contribution < -0.4 is 5.73 Å². The molecule has 1 aliphatic rings. The number of methoxy groups -OCH3 is 1. The molecule has 1 aliphatic heterocycles. The molecular formula is C13H29Cl2N3O2. The van der Waals surface area contributed by atoms with E-state index in [-0.39, 0.29) is 30.7 Å². The zero-order valence-corrected chi connectivity index (χ0v) is 14.4. The molecule has 2 N–H and O–H groups in total. The number of ether oxygens (including phenoxy) is 1. The lowest BCUT2D eigenvalue weighted by Crippen LogP contribution is -2.58. The van der Waals surface area contributed by atoms with Crippen LogP contribution in [0.5, 0.6) is 0 Å². The zero-order chi connectivity index (χ0) is 13.6. The van der Waals surface area contributed by atoms with Gasteiger partial charge in [-0.15, -0.1) is 24.8 Å². The van der Waals surface area contributed by atoms with E-state index in [0.29, 0.717) is 0 Å². The second kappa shape index (κ2) is 10.6. The average Bonchev–Trinajstić information content (AvgIpc) is 2.36. The molecular weight excluding hydrogens is 301 g/mol. The fourth-order valence-electron chi connectivity index (χ4n) is 2.38. The second-order valence-corrected chi connectivity index (χ2v) is 5.29. The monoisotopic (exact) mass is 329 g/mol. The lowest BCUT2D eigenvalue weighted by atomic mass is 9.95. The van der Waals surface area contributed by atoms with E-state index in [4.69, 9.17) is 10.5 Å². The van der Waals surface area contributed by atoms with Gasteiger partial charge in [0, 0.05) is 39.8 Å². The Labute approximate surface area is 135 Å². The Hall–Kier alpha value is -0.0700. The molecule has 0 bridgehead atoms. The molecule has 1 atom stereocenters. The van der Waals surface area contributed by atoms with Gasteiger partial charge in [0.15, 0.2) is 0 Å². The van der Waals surface area contributed by atoms with E-state index in [2.05, 4.69) is 11.8 Å². The number of halogens is 2. The third-order valence-electron chi connectivity index (χ3n) is 3.53. The minimum absolute atomic E-state index is 0. The number of hydrogen-bond donors (Lipinski definition) is 1. The van der Waals surface area contributed by atoms with Crippen LogP contribution in [0.3, 0.4) is 0 Å². The van der Waals surface area contributed by atoms with Crippen LogP contribution in [0.25, 0.3) is 0 Å². The summed E-state index contributed by atoms with van der Waals surface area (Å²) in [5.74, 6) is 0.0933.